The molecule has 31 heavy (non-hydrogen) atoms. The van der Waals surface area contributed by atoms with Crippen molar-refractivity contribution >= 4 is 23.3 Å². The fourth-order valence-electron chi connectivity index (χ4n) is 3.88. The highest BCUT2D eigenvalue weighted by molar-refractivity contribution is 6.31. The van der Waals surface area contributed by atoms with Crippen LogP contribution < -0.4 is 10.9 Å². The van der Waals surface area contributed by atoms with Crippen LogP contribution in [0, 0.1) is 11.7 Å². The summed E-state index contributed by atoms with van der Waals surface area (Å²) in [6, 6.07) is 2.68. The van der Waals surface area contributed by atoms with Crippen molar-refractivity contribution in [2.24, 2.45) is 5.92 Å². The third-order valence-electron chi connectivity index (χ3n) is 5.08. The van der Waals surface area contributed by atoms with Gasteiger partial charge in [0.1, 0.15) is 5.82 Å². The first-order chi connectivity index (χ1) is 14.5. The third-order valence-corrected chi connectivity index (χ3v) is 5.37. The molecule has 1 heterocycles. The molecule has 3 rings (SSSR count). The Hall–Kier alpha value is -2.55. The average Bonchev–Trinajstić information content (AvgIpc) is 2.67. The van der Waals surface area contributed by atoms with Gasteiger partial charge in [0.05, 0.1) is 16.6 Å². The molecule has 1 atom stereocenters. The van der Waals surface area contributed by atoms with E-state index in [1.54, 1.807) is 0 Å². The zero-order valence-corrected chi connectivity index (χ0v) is 17.7. The molecule has 2 amide bonds. The molecule has 1 unspecified atom stereocenters. The Labute approximate surface area is 181 Å². The molecule has 168 valence electrons. The topological polar surface area (TPSA) is 65.2 Å². The molecule has 0 bridgehead atoms. The molecule has 1 aromatic heterocycles. The largest absolute Gasteiger partial charge is 0.417 e. The summed E-state index contributed by atoms with van der Waals surface area (Å²) in [5.41, 5.74) is -1.51. The van der Waals surface area contributed by atoms with E-state index < -0.39 is 35.2 Å². The molecular formula is C21H22ClF4N3O2. The number of nitrogens with one attached hydrogen (secondary N) is 2. The maximum absolute atomic E-state index is 13.8. The maximum Gasteiger partial charge on any atom is 0.417 e. The summed E-state index contributed by atoms with van der Waals surface area (Å²) in [6.07, 6.45) is -3.63. The van der Waals surface area contributed by atoms with Gasteiger partial charge < -0.3 is 15.2 Å². The number of aromatic nitrogens is 1. The third kappa shape index (κ3) is 5.20. The lowest BCUT2D eigenvalue weighted by atomic mass is 9.86. The maximum atomic E-state index is 13.8. The van der Waals surface area contributed by atoms with Crippen LogP contribution in [-0.2, 0) is 12.6 Å². The summed E-state index contributed by atoms with van der Waals surface area (Å²) < 4.78 is 54.7. The number of aromatic amines is 1. The van der Waals surface area contributed by atoms with Crippen LogP contribution in [0.2, 0.25) is 5.02 Å². The zero-order valence-electron chi connectivity index (χ0n) is 16.9. The number of fused-ring (bicyclic) bond motifs is 1. The molecule has 1 aromatic carbocycles. The van der Waals surface area contributed by atoms with Crippen LogP contribution in [-0.4, -0.2) is 22.5 Å². The van der Waals surface area contributed by atoms with E-state index in [0.29, 0.717) is 18.9 Å². The van der Waals surface area contributed by atoms with Gasteiger partial charge in [-0.05, 0) is 43.4 Å². The number of benzene rings is 1. The lowest BCUT2D eigenvalue weighted by Crippen LogP contribution is -2.43. The number of rotatable bonds is 4. The Kier molecular flexibility index (Phi) is 6.64. The van der Waals surface area contributed by atoms with Crippen molar-refractivity contribution in [3.63, 3.8) is 0 Å². The summed E-state index contributed by atoms with van der Waals surface area (Å²) in [7, 11) is 0. The number of carbonyl (C=O) groups excluding carboxylic acids is 1. The number of hydrogen-bond acceptors (Lipinski definition) is 2. The highest BCUT2D eigenvalue weighted by Gasteiger charge is 2.41. The van der Waals surface area contributed by atoms with Crippen LogP contribution >= 0.6 is 11.6 Å². The number of aryl methyl sites for hydroxylation is 1. The fourth-order valence-corrected chi connectivity index (χ4v) is 4.06. The Morgan fingerprint density at radius 1 is 1.32 bits per heavy atom. The van der Waals surface area contributed by atoms with Gasteiger partial charge >= 0.3 is 12.2 Å². The minimum absolute atomic E-state index is 0.0370. The molecule has 5 nitrogen and oxygen atoms in total. The van der Waals surface area contributed by atoms with E-state index in [1.165, 1.54) is 17.0 Å². The van der Waals surface area contributed by atoms with E-state index in [2.05, 4.69) is 10.3 Å². The Balaban J connectivity index is 2.03. The Morgan fingerprint density at radius 3 is 2.65 bits per heavy atom. The molecule has 1 aliphatic carbocycles. The van der Waals surface area contributed by atoms with Crippen LogP contribution in [0.4, 0.5) is 28.0 Å². The van der Waals surface area contributed by atoms with Crippen LogP contribution in [0.5, 0.6) is 0 Å². The number of nitrogens with zero attached hydrogens (tertiary/aromatic N) is 1. The molecule has 0 spiro atoms. The monoisotopic (exact) mass is 459 g/mol. The molecule has 10 heteroatoms. The van der Waals surface area contributed by atoms with E-state index in [0.717, 1.165) is 6.07 Å². The zero-order chi connectivity index (χ0) is 22.9. The number of pyridine rings is 1. The smallest absolute Gasteiger partial charge is 0.326 e. The van der Waals surface area contributed by atoms with Crippen molar-refractivity contribution in [2.75, 3.05) is 11.9 Å². The van der Waals surface area contributed by atoms with Crippen LogP contribution in [0.15, 0.2) is 29.1 Å². The molecule has 0 saturated heterocycles. The molecule has 1 aliphatic rings. The SMILES string of the molecule is CC(C)CN(C(=O)Nc1ccc(F)c(Cl)c1)C1CCCc2[nH]c(=O)cc(C(F)(F)F)c21. The Bertz CT molecular complexity index is 1040. The van der Waals surface area contributed by atoms with Gasteiger partial charge in [0.25, 0.3) is 0 Å². The predicted octanol–water partition coefficient (Wildman–Crippen LogP) is 5.75. The number of alkyl halides is 3. The van der Waals surface area contributed by atoms with Crippen molar-refractivity contribution in [1.82, 2.24) is 9.88 Å². The summed E-state index contributed by atoms with van der Waals surface area (Å²) in [5.74, 6) is -0.691. The second kappa shape index (κ2) is 8.90. The van der Waals surface area contributed by atoms with Gasteiger partial charge in [-0.1, -0.05) is 25.4 Å². The van der Waals surface area contributed by atoms with E-state index >= 15 is 0 Å². The molecule has 0 fully saturated rings. The lowest BCUT2D eigenvalue weighted by molar-refractivity contribution is -0.139. The van der Waals surface area contributed by atoms with Crippen LogP contribution in [0.1, 0.15) is 49.6 Å². The molecule has 0 aliphatic heterocycles. The number of anilines is 1. The van der Waals surface area contributed by atoms with Crippen LogP contribution in [0.25, 0.3) is 0 Å². The standard InChI is InChI=1S/C21H22ClF4N3O2/c1-11(2)10-29(20(31)27-12-6-7-15(23)14(22)8-12)17-5-3-4-16-19(17)13(21(24,25)26)9-18(30)28-16/h6-9,11,17H,3-5,10H2,1-2H3,(H,27,31)(H,28,30). The van der Waals surface area contributed by atoms with Crippen molar-refractivity contribution in [2.45, 2.75) is 45.3 Å². The van der Waals surface area contributed by atoms with Gasteiger partial charge in [-0.15, -0.1) is 0 Å². The van der Waals surface area contributed by atoms with Crippen molar-refractivity contribution in [3.05, 3.63) is 62.3 Å². The van der Waals surface area contributed by atoms with E-state index in [4.69, 9.17) is 11.6 Å². The number of carbonyl (C=O) groups is 1. The van der Waals surface area contributed by atoms with Gasteiger partial charge in [0, 0.05) is 29.6 Å². The fraction of sp³-hybridized carbons (Fsp3) is 0.429. The number of H-pyrrole nitrogens is 1. The minimum Gasteiger partial charge on any atom is -0.326 e. The summed E-state index contributed by atoms with van der Waals surface area (Å²) in [6.45, 7) is 3.87. The number of halogens is 5. The molecular weight excluding hydrogens is 438 g/mol. The molecule has 0 saturated carbocycles. The summed E-state index contributed by atoms with van der Waals surface area (Å²) >= 11 is 5.76. The predicted molar refractivity (Wildman–Crippen MR) is 110 cm³/mol. The number of hydrogen-bond donors (Lipinski definition) is 2. The van der Waals surface area contributed by atoms with Gasteiger partial charge in [-0.25, -0.2) is 9.18 Å². The molecule has 2 aromatic rings. The van der Waals surface area contributed by atoms with Crippen LogP contribution in [0.3, 0.4) is 0 Å². The molecule has 2 N–H and O–H groups in total. The van der Waals surface area contributed by atoms with E-state index in [-0.39, 0.29) is 40.9 Å². The summed E-state index contributed by atoms with van der Waals surface area (Å²) in [5, 5.41) is 2.41. The second-order valence-corrected chi connectivity index (χ2v) is 8.36. The average molecular weight is 460 g/mol. The minimum atomic E-state index is -4.74. The normalized spacial score (nSPS) is 16.2. The highest BCUT2D eigenvalue weighted by Crippen LogP contribution is 2.42. The van der Waals surface area contributed by atoms with Gasteiger partial charge in [0.2, 0.25) is 5.56 Å². The van der Waals surface area contributed by atoms with E-state index in [9.17, 15) is 27.2 Å². The Morgan fingerprint density at radius 2 is 2.03 bits per heavy atom. The van der Waals surface area contributed by atoms with E-state index in [1.807, 2.05) is 13.8 Å². The first kappa shape index (κ1) is 23.1. The van der Waals surface area contributed by atoms with Crippen molar-refractivity contribution < 1.29 is 22.4 Å². The molecule has 0 radical (unpaired) electrons. The lowest BCUT2D eigenvalue weighted by Gasteiger charge is -2.38. The second-order valence-electron chi connectivity index (χ2n) is 7.95. The quantitative estimate of drug-likeness (QED) is 0.571. The van der Waals surface area contributed by atoms with Gasteiger partial charge in [-0.2, -0.15) is 13.2 Å². The van der Waals surface area contributed by atoms with Gasteiger partial charge in [-0.3, -0.25) is 4.79 Å². The van der Waals surface area contributed by atoms with Crippen molar-refractivity contribution in [1.29, 1.82) is 0 Å². The highest BCUT2D eigenvalue weighted by atomic mass is 35.5. The number of amides is 2. The van der Waals surface area contributed by atoms with Gasteiger partial charge in [0.15, 0.2) is 0 Å². The van der Waals surface area contributed by atoms with Crippen molar-refractivity contribution in [3.8, 4) is 0 Å². The number of urea groups is 1. The first-order valence-electron chi connectivity index (χ1n) is 9.83. The first-order valence-corrected chi connectivity index (χ1v) is 10.2. The summed E-state index contributed by atoms with van der Waals surface area (Å²) in [4.78, 5) is 28.8.